The zero-order valence-corrected chi connectivity index (χ0v) is 19.2. The Morgan fingerprint density at radius 1 is 0.939 bits per heavy atom. The fourth-order valence-corrected chi connectivity index (χ4v) is 4.45. The number of hydrogen-bond donors (Lipinski definition) is 1. The van der Waals surface area contributed by atoms with E-state index in [2.05, 4.69) is 15.0 Å². The summed E-state index contributed by atoms with van der Waals surface area (Å²) in [7, 11) is 5.30. The van der Waals surface area contributed by atoms with E-state index in [0.29, 0.717) is 27.9 Å². The van der Waals surface area contributed by atoms with Crippen LogP contribution in [0.2, 0.25) is 5.02 Å². The Hall–Kier alpha value is -3.68. The Morgan fingerprint density at radius 2 is 1.64 bits per heavy atom. The van der Waals surface area contributed by atoms with Crippen molar-refractivity contribution >= 4 is 22.5 Å². The Kier molecular flexibility index (Phi) is 5.15. The van der Waals surface area contributed by atoms with E-state index in [4.69, 9.17) is 16.3 Å². The summed E-state index contributed by atoms with van der Waals surface area (Å²) >= 11 is 6.29. The predicted molar refractivity (Wildman–Crippen MR) is 127 cm³/mol. The number of halogens is 1. The smallest absolute Gasteiger partial charge is 0.214 e. The fourth-order valence-electron chi connectivity index (χ4n) is 4.26. The molecule has 5 rings (SSSR count). The van der Waals surface area contributed by atoms with Gasteiger partial charge in [-0.2, -0.15) is 0 Å². The van der Waals surface area contributed by atoms with E-state index < -0.39 is 5.60 Å². The van der Waals surface area contributed by atoms with Crippen LogP contribution in [0.5, 0.6) is 5.88 Å². The van der Waals surface area contributed by atoms with Gasteiger partial charge in [0.05, 0.1) is 49.1 Å². The van der Waals surface area contributed by atoms with E-state index in [0.717, 1.165) is 22.0 Å². The molecule has 0 radical (unpaired) electrons. The largest absolute Gasteiger partial charge is 0.481 e. The second kappa shape index (κ2) is 8.03. The van der Waals surface area contributed by atoms with E-state index in [1.54, 1.807) is 41.3 Å². The van der Waals surface area contributed by atoms with Gasteiger partial charge in [0.15, 0.2) is 5.60 Å². The molecule has 3 heterocycles. The van der Waals surface area contributed by atoms with Gasteiger partial charge in [-0.15, -0.1) is 0 Å². The first kappa shape index (κ1) is 21.2. The number of methoxy groups -OCH3 is 1. The van der Waals surface area contributed by atoms with Crippen LogP contribution in [0.3, 0.4) is 0 Å². The van der Waals surface area contributed by atoms with Gasteiger partial charge in [0.25, 0.3) is 0 Å². The average Bonchev–Trinajstić information content (AvgIpc) is 3.46. The molecule has 0 unspecified atom stereocenters. The number of aryl methyl sites for hydroxylation is 2. The molecule has 33 heavy (non-hydrogen) atoms. The summed E-state index contributed by atoms with van der Waals surface area (Å²) in [6.45, 7) is 0. The Labute approximate surface area is 195 Å². The highest BCUT2D eigenvalue weighted by Crippen LogP contribution is 2.39. The molecule has 0 saturated carbocycles. The number of pyridine rings is 1. The van der Waals surface area contributed by atoms with Gasteiger partial charge >= 0.3 is 0 Å². The molecular weight excluding hydrogens is 438 g/mol. The number of hydrogen-bond acceptors (Lipinski definition) is 5. The van der Waals surface area contributed by atoms with Crippen molar-refractivity contribution in [3.05, 3.63) is 95.6 Å². The zero-order chi connectivity index (χ0) is 23.2. The summed E-state index contributed by atoms with van der Waals surface area (Å²) in [4.78, 5) is 13.1. The van der Waals surface area contributed by atoms with Crippen LogP contribution in [0.15, 0.2) is 73.6 Å². The van der Waals surface area contributed by atoms with Gasteiger partial charge in [0, 0.05) is 30.6 Å². The SMILES string of the molecule is COc1cc(-c2cccc(Cl)c2)c2cc(C(O)(c3cncn3C)c3cncn3C)ccc2n1. The molecule has 0 aliphatic rings. The Morgan fingerprint density at radius 3 is 2.21 bits per heavy atom. The van der Waals surface area contributed by atoms with Crippen molar-refractivity contribution in [2.24, 2.45) is 14.1 Å². The monoisotopic (exact) mass is 459 g/mol. The quantitative estimate of drug-likeness (QED) is 0.423. The molecule has 0 fully saturated rings. The zero-order valence-electron chi connectivity index (χ0n) is 18.4. The summed E-state index contributed by atoms with van der Waals surface area (Å²) in [5, 5.41) is 13.7. The van der Waals surface area contributed by atoms with E-state index in [9.17, 15) is 5.11 Å². The maximum absolute atomic E-state index is 12.2. The van der Waals surface area contributed by atoms with Gasteiger partial charge in [0.1, 0.15) is 0 Å². The van der Waals surface area contributed by atoms with E-state index >= 15 is 0 Å². The summed E-state index contributed by atoms with van der Waals surface area (Å²) in [6.07, 6.45) is 6.67. The molecule has 0 amide bonds. The topological polar surface area (TPSA) is 78.0 Å². The van der Waals surface area contributed by atoms with Crippen molar-refractivity contribution in [3.8, 4) is 17.0 Å². The van der Waals surface area contributed by atoms with E-state index in [1.807, 2.05) is 62.6 Å². The molecule has 2 aromatic carbocycles. The highest BCUT2D eigenvalue weighted by Gasteiger charge is 2.39. The highest BCUT2D eigenvalue weighted by atomic mass is 35.5. The molecule has 166 valence electrons. The lowest BCUT2D eigenvalue weighted by atomic mass is 9.85. The van der Waals surface area contributed by atoms with Crippen LogP contribution in [-0.4, -0.2) is 36.3 Å². The average molecular weight is 460 g/mol. The summed E-state index contributed by atoms with van der Waals surface area (Å²) in [5.41, 5.74) is 2.99. The number of aliphatic hydroxyl groups is 1. The third kappa shape index (κ3) is 3.46. The molecule has 7 nitrogen and oxygen atoms in total. The molecular formula is C25H22ClN5O2. The summed E-state index contributed by atoms with van der Waals surface area (Å²) in [5.74, 6) is 0.499. The molecule has 0 bridgehead atoms. The van der Waals surface area contributed by atoms with Crippen LogP contribution in [0.25, 0.3) is 22.0 Å². The van der Waals surface area contributed by atoms with Gasteiger partial charge in [-0.1, -0.05) is 29.8 Å². The minimum absolute atomic E-state index is 0.499. The van der Waals surface area contributed by atoms with Crippen LogP contribution < -0.4 is 4.74 Å². The lowest BCUT2D eigenvalue weighted by Crippen LogP contribution is -2.33. The number of imidazole rings is 2. The molecule has 0 saturated heterocycles. The number of rotatable bonds is 5. The van der Waals surface area contributed by atoms with Crippen molar-refractivity contribution in [2.75, 3.05) is 7.11 Å². The van der Waals surface area contributed by atoms with Crippen LogP contribution in [0.4, 0.5) is 0 Å². The van der Waals surface area contributed by atoms with Crippen molar-refractivity contribution in [1.29, 1.82) is 0 Å². The molecule has 1 N–H and O–H groups in total. The standard InChI is InChI=1S/C25H22ClN5O2/c1-30-14-27-12-22(30)25(32,23-13-28-15-31(23)2)17-7-8-21-20(10-17)19(11-24(29-21)33-3)16-5-4-6-18(26)9-16/h4-15,32H,1-3H3. The minimum atomic E-state index is -1.49. The first-order valence-electron chi connectivity index (χ1n) is 10.3. The summed E-state index contributed by atoms with van der Waals surface area (Å²) in [6, 6.07) is 15.2. The van der Waals surface area contributed by atoms with Crippen LogP contribution in [0.1, 0.15) is 17.0 Å². The van der Waals surface area contributed by atoms with Crippen molar-refractivity contribution in [2.45, 2.75) is 5.60 Å². The lowest BCUT2D eigenvalue weighted by molar-refractivity contribution is 0.109. The maximum atomic E-state index is 12.2. The fraction of sp³-hybridized carbons (Fsp3) is 0.160. The molecule has 0 aliphatic carbocycles. The second-order valence-corrected chi connectivity index (χ2v) is 8.38. The maximum Gasteiger partial charge on any atom is 0.214 e. The van der Waals surface area contributed by atoms with Gasteiger partial charge in [-0.25, -0.2) is 15.0 Å². The molecule has 5 aromatic rings. The molecule has 0 atom stereocenters. The number of nitrogens with zero attached hydrogens (tertiary/aromatic N) is 5. The Balaban J connectivity index is 1.82. The normalized spacial score (nSPS) is 11.8. The third-order valence-electron chi connectivity index (χ3n) is 5.92. The lowest BCUT2D eigenvalue weighted by Gasteiger charge is -2.29. The van der Waals surface area contributed by atoms with Crippen LogP contribution >= 0.6 is 11.6 Å². The number of ether oxygens (including phenoxy) is 1. The van der Waals surface area contributed by atoms with E-state index in [-0.39, 0.29) is 0 Å². The van der Waals surface area contributed by atoms with Gasteiger partial charge in [-0.05, 0) is 41.0 Å². The Bertz CT molecular complexity index is 1430. The highest BCUT2D eigenvalue weighted by molar-refractivity contribution is 6.30. The minimum Gasteiger partial charge on any atom is -0.481 e. The van der Waals surface area contributed by atoms with Crippen LogP contribution in [0, 0.1) is 0 Å². The third-order valence-corrected chi connectivity index (χ3v) is 6.16. The van der Waals surface area contributed by atoms with Gasteiger partial charge in [0.2, 0.25) is 5.88 Å². The molecule has 3 aromatic heterocycles. The van der Waals surface area contributed by atoms with Crippen molar-refractivity contribution in [1.82, 2.24) is 24.1 Å². The van der Waals surface area contributed by atoms with Crippen LogP contribution in [-0.2, 0) is 19.7 Å². The molecule has 0 spiro atoms. The number of fused-ring (bicyclic) bond motifs is 1. The molecule has 0 aliphatic heterocycles. The first-order chi connectivity index (χ1) is 15.9. The van der Waals surface area contributed by atoms with Gasteiger partial charge < -0.3 is 19.0 Å². The predicted octanol–water partition coefficient (Wildman–Crippen LogP) is 4.32. The van der Waals surface area contributed by atoms with Crippen molar-refractivity contribution in [3.63, 3.8) is 0 Å². The number of aromatic nitrogens is 5. The van der Waals surface area contributed by atoms with E-state index in [1.165, 1.54) is 0 Å². The summed E-state index contributed by atoms with van der Waals surface area (Å²) < 4.78 is 9.06. The van der Waals surface area contributed by atoms with Gasteiger partial charge in [-0.3, -0.25) is 0 Å². The first-order valence-corrected chi connectivity index (χ1v) is 10.7. The second-order valence-electron chi connectivity index (χ2n) is 7.94. The van der Waals surface area contributed by atoms with Crippen molar-refractivity contribution < 1.29 is 9.84 Å². The molecule has 8 heteroatoms. The number of benzene rings is 2.